The smallest absolute Gasteiger partial charge is 0.224 e. The minimum absolute atomic E-state index is 0.00146. The van der Waals surface area contributed by atoms with E-state index in [0.29, 0.717) is 12.8 Å². The van der Waals surface area contributed by atoms with Crippen molar-refractivity contribution >= 4 is 5.91 Å². The number of allylic oxidation sites excluding steroid dienone is 12. The normalized spacial score (nSPS) is 32.1. The van der Waals surface area contributed by atoms with Gasteiger partial charge in [-0.25, -0.2) is 0 Å². The first-order valence-corrected chi connectivity index (χ1v) is 26.8. The predicted molar refractivity (Wildman–Crippen MR) is 277 cm³/mol. The molecule has 19 heteroatoms. The number of nitrogens with one attached hydrogen (secondary N) is 1. The van der Waals surface area contributed by atoms with Crippen LogP contribution in [0.5, 0.6) is 0 Å². The van der Waals surface area contributed by atoms with E-state index in [1.807, 2.05) is 18.2 Å². The first-order valence-electron chi connectivity index (χ1n) is 26.8. The summed E-state index contributed by atoms with van der Waals surface area (Å²) in [6.07, 6.45) is 17.5. The lowest BCUT2D eigenvalue weighted by Crippen LogP contribution is -2.66. The molecule has 12 N–H and O–H groups in total. The third kappa shape index (κ3) is 23.3. The Kier molecular flexibility index (Phi) is 34.0. The third-order valence-electron chi connectivity index (χ3n) is 13.0. The summed E-state index contributed by atoms with van der Waals surface area (Å²) in [5.74, 6) is -0.418. The Hall–Kier alpha value is -3.03. The quantitative estimate of drug-likeness (QED) is 0.0317. The molecule has 0 aromatic rings. The molecule has 0 radical (unpaired) electrons. The second kappa shape index (κ2) is 38.5. The number of carbonyl (C=O) groups excluding carboxylic acids is 1. The molecular weight excluding hydrogens is 963 g/mol. The first-order chi connectivity index (χ1) is 35.8. The van der Waals surface area contributed by atoms with Gasteiger partial charge in [-0.3, -0.25) is 4.79 Å². The number of aliphatic hydroxyl groups excluding tert-OH is 11. The summed E-state index contributed by atoms with van der Waals surface area (Å²) in [7, 11) is 0. The van der Waals surface area contributed by atoms with Crippen molar-refractivity contribution < 1.29 is 89.4 Å². The molecule has 17 atom stereocenters. The molecule has 0 aliphatic carbocycles. The molecule has 3 aliphatic heterocycles. The lowest BCUT2D eigenvalue weighted by atomic mass is 9.96. The van der Waals surface area contributed by atoms with E-state index in [9.17, 15) is 61.0 Å². The van der Waals surface area contributed by atoms with E-state index in [2.05, 4.69) is 67.8 Å². The molecule has 0 spiro atoms. The van der Waals surface area contributed by atoms with Crippen LogP contribution in [-0.2, 0) is 33.2 Å². The van der Waals surface area contributed by atoms with Crippen molar-refractivity contribution in [2.45, 2.75) is 227 Å². The molecule has 3 rings (SSSR count). The van der Waals surface area contributed by atoms with E-state index in [-0.39, 0.29) is 6.42 Å². The molecule has 17 unspecified atom stereocenters. The SMILES string of the molecule is CC/C=C\C/C=C\C/C=C\C/C=C\C/C=C\CC(=O)NC(COC1OC(CO)C(OC2OC(CO)C(OC3OC(CO)C(O)C(O)C3O)C(O)C2O)C(O)C1O)C(O)/C=C/CC/C=C/CCCCCCCCCC. The van der Waals surface area contributed by atoms with Gasteiger partial charge < -0.3 is 89.9 Å². The molecule has 3 heterocycles. The standard InChI is InChI=1S/C55H91NO18/c1-3-5-7-9-11-13-15-17-19-21-23-25-27-29-31-33-43(61)56-38(39(60)32-30-28-26-24-22-20-18-16-14-12-10-8-6-4-2)37-69-53-49(67)46(64)51(41(35-58)71-53)74-55-50(68)47(65)52(42(36-59)72-55)73-54-48(66)45(63)44(62)40(34-57)70-54/h5,7,11,13,17,19,22-25,29-32,38-42,44-55,57-60,62-68H,3-4,6,8-10,12,14-16,18,20-21,26-28,33-37H2,1-2H3,(H,56,61)/b7-5-,13-11-,19-17-,24-22+,25-23-,31-29-,32-30+. The number of aliphatic hydroxyl groups is 11. The molecule has 0 bridgehead atoms. The van der Waals surface area contributed by atoms with E-state index in [1.54, 1.807) is 18.2 Å². The average molecular weight is 1050 g/mol. The zero-order chi connectivity index (χ0) is 54.1. The van der Waals surface area contributed by atoms with Crippen molar-refractivity contribution in [2.24, 2.45) is 0 Å². The van der Waals surface area contributed by atoms with Crippen molar-refractivity contribution in [2.75, 3.05) is 26.4 Å². The molecule has 0 aromatic heterocycles. The molecular formula is C55H91NO18. The van der Waals surface area contributed by atoms with Gasteiger partial charge in [-0.05, 0) is 57.8 Å². The van der Waals surface area contributed by atoms with Gasteiger partial charge >= 0.3 is 0 Å². The van der Waals surface area contributed by atoms with Gasteiger partial charge in [0.1, 0.15) is 73.2 Å². The lowest BCUT2D eigenvalue weighted by Gasteiger charge is -2.48. The molecule has 3 saturated heterocycles. The third-order valence-corrected chi connectivity index (χ3v) is 13.0. The highest BCUT2D eigenvalue weighted by Crippen LogP contribution is 2.33. The van der Waals surface area contributed by atoms with E-state index in [1.165, 1.54) is 44.9 Å². The summed E-state index contributed by atoms with van der Waals surface area (Å²) >= 11 is 0. The van der Waals surface area contributed by atoms with Crippen LogP contribution in [0.4, 0.5) is 0 Å². The van der Waals surface area contributed by atoms with Crippen LogP contribution in [0.25, 0.3) is 0 Å². The van der Waals surface area contributed by atoms with Crippen molar-refractivity contribution in [3.8, 4) is 0 Å². The van der Waals surface area contributed by atoms with E-state index in [4.69, 9.17) is 28.4 Å². The monoisotopic (exact) mass is 1050 g/mol. The number of rotatable bonds is 36. The fraction of sp³-hybridized carbons (Fsp3) is 0.727. The summed E-state index contributed by atoms with van der Waals surface area (Å²) in [6, 6.07) is -1.05. The van der Waals surface area contributed by atoms with Gasteiger partial charge in [-0.2, -0.15) is 0 Å². The highest BCUT2D eigenvalue weighted by atomic mass is 16.8. The van der Waals surface area contributed by atoms with Crippen molar-refractivity contribution in [1.29, 1.82) is 0 Å². The Morgan fingerprint density at radius 2 is 0.946 bits per heavy atom. The van der Waals surface area contributed by atoms with Gasteiger partial charge in [0.15, 0.2) is 18.9 Å². The fourth-order valence-electron chi connectivity index (χ4n) is 8.51. The molecule has 424 valence electrons. The Labute approximate surface area is 438 Å². The highest BCUT2D eigenvalue weighted by molar-refractivity contribution is 5.77. The fourth-order valence-corrected chi connectivity index (χ4v) is 8.51. The summed E-state index contributed by atoms with van der Waals surface area (Å²) in [4.78, 5) is 13.2. The summed E-state index contributed by atoms with van der Waals surface area (Å²) in [5.41, 5.74) is 0. The Morgan fingerprint density at radius 1 is 0.500 bits per heavy atom. The maximum atomic E-state index is 13.2. The first kappa shape index (κ1) is 65.3. The minimum atomic E-state index is -1.99. The Morgan fingerprint density at radius 3 is 1.49 bits per heavy atom. The van der Waals surface area contributed by atoms with Crippen molar-refractivity contribution in [1.82, 2.24) is 5.32 Å². The van der Waals surface area contributed by atoms with Crippen LogP contribution in [0.2, 0.25) is 0 Å². The summed E-state index contributed by atoms with van der Waals surface area (Å²) < 4.78 is 34.0. The highest BCUT2D eigenvalue weighted by Gasteiger charge is 2.53. The van der Waals surface area contributed by atoms with Gasteiger partial charge in [0, 0.05) is 6.42 Å². The average Bonchev–Trinajstić information content (AvgIpc) is 3.40. The van der Waals surface area contributed by atoms with Gasteiger partial charge in [0.25, 0.3) is 0 Å². The maximum absolute atomic E-state index is 13.2. The number of ether oxygens (including phenoxy) is 6. The van der Waals surface area contributed by atoms with Crippen molar-refractivity contribution in [3.05, 3.63) is 85.1 Å². The van der Waals surface area contributed by atoms with Gasteiger partial charge in [-0.15, -0.1) is 0 Å². The van der Waals surface area contributed by atoms with Crippen LogP contribution < -0.4 is 5.32 Å². The molecule has 74 heavy (non-hydrogen) atoms. The molecule has 3 fully saturated rings. The van der Waals surface area contributed by atoms with Crippen LogP contribution in [0.3, 0.4) is 0 Å². The van der Waals surface area contributed by atoms with Crippen LogP contribution in [-0.4, -0.2) is 193 Å². The molecule has 1 amide bonds. The second-order valence-electron chi connectivity index (χ2n) is 19.0. The molecule has 19 nitrogen and oxygen atoms in total. The summed E-state index contributed by atoms with van der Waals surface area (Å²) in [6.45, 7) is 1.46. The van der Waals surface area contributed by atoms with Gasteiger partial charge in [0.2, 0.25) is 5.91 Å². The van der Waals surface area contributed by atoms with E-state index < -0.39 is 137 Å². The predicted octanol–water partition coefficient (Wildman–Crippen LogP) is 2.86. The van der Waals surface area contributed by atoms with Crippen LogP contribution in [0.15, 0.2) is 85.1 Å². The number of hydrogen-bond acceptors (Lipinski definition) is 18. The summed E-state index contributed by atoms with van der Waals surface area (Å²) in [5, 5.41) is 120. The van der Waals surface area contributed by atoms with E-state index in [0.717, 1.165) is 44.9 Å². The lowest BCUT2D eigenvalue weighted by molar-refractivity contribution is -0.379. The van der Waals surface area contributed by atoms with Crippen LogP contribution in [0, 0.1) is 0 Å². The number of carbonyl (C=O) groups is 1. The number of hydrogen-bond donors (Lipinski definition) is 12. The van der Waals surface area contributed by atoms with Gasteiger partial charge in [0.05, 0.1) is 38.6 Å². The minimum Gasteiger partial charge on any atom is -0.394 e. The van der Waals surface area contributed by atoms with Crippen molar-refractivity contribution in [3.63, 3.8) is 0 Å². The largest absolute Gasteiger partial charge is 0.394 e. The zero-order valence-corrected chi connectivity index (χ0v) is 43.5. The van der Waals surface area contributed by atoms with Crippen LogP contribution >= 0.6 is 0 Å². The molecule has 0 aromatic carbocycles. The maximum Gasteiger partial charge on any atom is 0.224 e. The number of unbranched alkanes of at least 4 members (excludes halogenated alkanes) is 9. The topological polar surface area (TPSA) is 307 Å². The zero-order valence-electron chi connectivity index (χ0n) is 43.5. The molecule has 3 aliphatic rings. The molecule has 0 saturated carbocycles. The van der Waals surface area contributed by atoms with Crippen LogP contribution in [0.1, 0.15) is 123 Å². The van der Waals surface area contributed by atoms with E-state index >= 15 is 0 Å². The Bertz CT molecular complexity index is 1690. The van der Waals surface area contributed by atoms with Gasteiger partial charge in [-0.1, -0.05) is 144 Å². The number of amides is 1. The Balaban J connectivity index is 1.59. The second-order valence-corrected chi connectivity index (χ2v) is 19.0.